The van der Waals surface area contributed by atoms with Gasteiger partial charge in [0, 0.05) is 5.02 Å². The Morgan fingerprint density at radius 3 is 2.29 bits per heavy atom. The Morgan fingerprint density at radius 1 is 1.14 bits per heavy atom. The predicted octanol–water partition coefficient (Wildman–Crippen LogP) is 3.50. The van der Waals surface area contributed by atoms with Gasteiger partial charge in [0.25, 0.3) is 0 Å². The van der Waals surface area contributed by atoms with Crippen LogP contribution in [-0.2, 0) is 23.7 Å². The summed E-state index contributed by atoms with van der Waals surface area (Å²) >= 11 is 5.66. The van der Waals surface area contributed by atoms with Gasteiger partial charge in [-0.25, -0.2) is 0 Å². The first-order chi connectivity index (χ1) is 9.81. The molecule has 1 aliphatic carbocycles. The molecule has 118 valence electrons. The molecule has 0 spiro atoms. The molecule has 1 atom stereocenters. The van der Waals surface area contributed by atoms with E-state index < -0.39 is 23.4 Å². The molecule has 2 rings (SSSR count). The van der Waals surface area contributed by atoms with E-state index >= 15 is 0 Å². The summed E-state index contributed by atoms with van der Waals surface area (Å²) in [7, 11) is -8.38. The summed E-state index contributed by atoms with van der Waals surface area (Å²) in [5.74, 6) is 0. The van der Waals surface area contributed by atoms with E-state index in [-0.39, 0.29) is 4.90 Å². The normalized spacial score (nSPS) is 20.1. The van der Waals surface area contributed by atoms with Crippen LogP contribution < -0.4 is 0 Å². The van der Waals surface area contributed by atoms with E-state index in [9.17, 15) is 17.9 Å². The molecule has 0 radical (unpaired) electrons. The number of rotatable bonds is 5. The number of hydrogen-bond acceptors (Lipinski definition) is 5. The summed E-state index contributed by atoms with van der Waals surface area (Å²) in [5, 5.41) is 0.366. The molecule has 1 aromatic carbocycles. The quantitative estimate of drug-likeness (QED) is 0.494. The Bertz CT molecular complexity index is 624. The van der Waals surface area contributed by atoms with Crippen molar-refractivity contribution in [2.75, 3.05) is 0 Å². The third-order valence-corrected chi connectivity index (χ3v) is 6.54. The van der Waals surface area contributed by atoms with Gasteiger partial charge in [-0.3, -0.25) is 4.57 Å². The Labute approximate surface area is 128 Å². The van der Waals surface area contributed by atoms with Crippen molar-refractivity contribution in [1.29, 1.82) is 0 Å². The number of hydrogen-bond donors (Lipinski definition) is 1. The molecule has 0 aliphatic heterocycles. The highest BCUT2D eigenvalue weighted by atomic mass is 35.5. The molecule has 1 N–H and O–H groups in total. The highest BCUT2D eigenvalue weighted by molar-refractivity contribution is 7.86. The van der Waals surface area contributed by atoms with Gasteiger partial charge in [-0.2, -0.15) is 8.42 Å². The molecule has 0 amide bonds. The smallest absolute Gasteiger partial charge is 0.323 e. The van der Waals surface area contributed by atoms with Gasteiger partial charge in [0.2, 0.25) is 0 Å². The molecule has 1 fully saturated rings. The molecule has 6 nitrogen and oxygen atoms in total. The Balaban J connectivity index is 2.03. The van der Waals surface area contributed by atoms with Gasteiger partial charge in [0.15, 0.2) is 0 Å². The molecular weight excluding hydrogens is 339 g/mol. The lowest BCUT2D eigenvalue weighted by atomic mass is 10.0. The van der Waals surface area contributed by atoms with Crippen LogP contribution in [0.5, 0.6) is 0 Å². The molecule has 1 aliphatic rings. The van der Waals surface area contributed by atoms with Gasteiger partial charge in [0.05, 0.1) is 10.6 Å². The molecule has 1 aromatic rings. The average molecular weight is 355 g/mol. The lowest BCUT2D eigenvalue weighted by Gasteiger charge is -2.24. The minimum absolute atomic E-state index is 0.199. The molecule has 1 unspecified atom stereocenters. The SMILES string of the molecule is O=P(O)(OOS(=O)(=O)c1ccc(Cl)cc1)C1CCCCC1. The van der Waals surface area contributed by atoms with Gasteiger partial charge >= 0.3 is 17.7 Å². The standard InChI is InChI=1S/C12H16ClO6PS/c13-10-6-8-12(9-7-10)21(16,17)19-18-20(14,15)11-4-2-1-3-5-11/h6-9,11H,1-5H2,(H,14,15). The fourth-order valence-corrected chi connectivity index (χ4v) is 4.68. The highest BCUT2D eigenvalue weighted by Gasteiger charge is 2.36. The first kappa shape index (κ1) is 16.9. The van der Waals surface area contributed by atoms with Gasteiger partial charge < -0.3 is 4.89 Å². The first-order valence-corrected chi connectivity index (χ1v) is 9.95. The van der Waals surface area contributed by atoms with Crippen LogP contribution in [0.1, 0.15) is 32.1 Å². The Kier molecular flexibility index (Phi) is 5.46. The number of benzene rings is 1. The molecule has 0 heterocycles. The van der Waals surface area contributed by atoms with E-state index in [2.05, 4.69) is 9.01 Å². The summed E-state index contributed by atoms with van der Waals surface area (Å²) < 4.78 is 44.4. The summed E-state index contributed by atoms with van der Waals surface area (Å²) in [6.45, 7) is 0. The lowest BCUT2D eigenvalue weighted by molar-refractivity contribution is -0.104. The van der Waals surface area contributed by atoms with Crippen LogP contribution in [0, 0.1) is 0 Å². The molecule has 9 heteroatoms. The monoisotopic (exact) mass is 354 g/mol. The molecule has 21 heavy (non-hydrogen) atoms. The zero-order valence-corrected chi connectivity index (χ0v) is 13.6. The van der Waals surface area contributed by atoms with E-state index in [0.29, 0.717) is 17.9 Å². The summed E-state index contributed by atoms with van der Waals surface area (Å²) in [5.41, 5.74) is -0.577. The number of halogens is 1. The van der Waals surface area contributed by atoms with Crippen LogP contribution in [-0.4, -0.2) is 19.0 Å². The lowest BCUT2D eigenvalue weighted by Crippen LogP contribution is -2.16. The van der Waals surface area contributed by atoms with E-state index in [1.165, 1.54) is 24.3 Å². The van der Waals surface area contributed by atoms with Crippen molar-refractivity contribution in [2.45, 2.75) is 42.7 Å². The molecule has 1 saturated carbocycles. The maximum Gasteiger partial charge on any atom is 0.360 e. The summed E-state index contributed by atoms with van der Waals surface area (Å²) in [6, 6.07) is 5.20. The summed E-state index contributed by atoms with van der Waals surface area (Å²) in [4.78, 5) is 9.62. The fourth-order valence-electron chi connectivity index (χ4n) is 2.19. The second-order valence-corrected chi connectivity index (χ2v) is 8.87. The average Bonchev–Trinajstić information content (AvgIpc) is 2.47. The van der Waals surface area contributed by atoms with Crippen LogP contribution in [0.2, 0.25) is 5.02 Å². The van der Waals surface area contributed by atoms with Gasteiger partial charge in [0.1, 0.15) is 0 Å². The Morgan fingerprint density at radius 2 is 1.71 bits per heavy atom. The topological polar surface area (TPSA) is 89.9 Å². The highest BCUT2D eigenvalue weighted by Crippen LogP contribution is 2.53. The van der Waals surface area contributed by atoms with Crippen LogP contribution in [0.15, 0.2) is 29.2 Å². The van der Waals surface area contributed by atoms with E-state index in [1.54, 1.807) is 0 Å². The maximum absolute atomic E-state index is 12.0. The van der Waals surface area contributed by atoms with Crippen molar-refractivity contribution in [3.63, 3.8) is 0 Å². The van der Waals surface area contributed by atoms with Gasteiger partial charge in [-0.1, -0.05) is 35.2 Å². The second-order valence-electron chi connectivity index (χ2n) is 4.91. The molecule has 0 saturated heterocycles. The zero-order valence-electron chi connectivity index (χ0n) is 11.1. The van der Waals surface area contributed by atoms with Crippen LogP contribution in [0.3, 0.4) is 0 Å². The van der Waals surface area contributed by atoms with Crippen molar-refractivity contribution in [1.82, 2.24) is 0 Å². The van der Waals surface area contributed by atoms with E-state index in [4.69, 9.17) is 11.6 Å². The third-order valence-electron chi connectivity index (χ3n) is 3.37. The third kappa shape index (κ3) is 4.52. The van der Waals surface area contributed by atoms with E-state index in [0.717, 1.165) is 19.3 Å². The first-order valence-electron chi connectivity index (χ1n) is 6.52. The Hall–Kier alpha value is -0.430. The van der Waals surface area contributed by atoms with Crippen LogP contribution in [0.4, 0.5) is 0 Å². The minimum atomic E-state index is -4.26. The van der Waals surface area contributed by atoms with Crippen molar-refractivity contribution >= 4 is 29.3 Å². The fraction of sp³-hybridized carbons (Fsp3) is 0.500. The van der Waals surface area contributed by atoms with Crippen LogP contribution in [0.25, 0.3) is 0 Å². The van der Waals surface area contributed by atoms with Gasteiger partial charge in [-0.05, 0) is 37.1 Å². The van der Waals surface area contributed by atoms with Crippen molar-refractivity contribution in [3.05, 3.63) is 29.3 Å². The summed E-state index contributed by atoms with van der Waals surface area (Å²) in [6.07, 6.45) is 3.70. The largest absolute Gasteiger partial charge is 0.360 e. The molecule has 0 bridgehead atoms. The zero-order chi connectivity index (χ0) is 15.5. The molecular formula is C12H16ClO6PS. The van der Waals surface area contributed by atoms with Crippen LogP contribution >= 0.6 is 19.2 Å². The maximum atomic E-state index is 12.0. The molecule has 0 aromatic heterocycles. The van der Waals surface area contributed by atoms with Crippen molar-refractivity contribution in [2.24, 2.45) is 0 Å². The predicted molar refractivity (Wildman–Crippen MR) is 77.5 cm³/mol. The second kappa shape index (κ2) is 6.77. The van der Waals surface area contributed by atoms with Gasteiger partial charge in [-0.15, -0.1) is 4.67 Å². The van der Waals surface area contributed by atoms with Crippen molar-refractivity contribution < 1.29 is 26.9 Å². The van der Waals surface area contributed by atoms with Crippen molar-refractivity contribution in [3.8, 4) is 0 Å². The van der Waals surface area contributed by atoms with E-state index in [1.807, 2.05) is 0 Å². The minimum Gasteiger partial charge on any atom is -0.323 e.